The summed E-state index contributed by atoms with van der Waals surface area (Å²) in [4.78, 5) is 12.2. The fourth-order valence-corrected chi connectivity index (χ4v) is 3.90. The van der Waals surface area contributed by atoms with Gasteiger partial charge in [0.25, 0.3) is 0 Å². The van der Waals surface area contributed by atoms with Crippen LogP contribution in [0.5, 0.6) is 0 Å². The lowest BCUT2D eigenvalue weighted by Crippen LogP contribution is -2.18. The van der Waals surface area contributed by atoms with Crippen LogP contribution in [-0.4, -0.2) is 22.3 Å². The van der Waals surface area contributed by atoms with Crippen molar-refractivity contribution in [3.63, 3.8) is 0 Å². The van der Waals surface area contributed by atoms with Gasteiger partial charge in [0.2, 0.25) is 0 Å². The second-order valence-corrected chi connectivity index (χ2v) is 6.43. The maximum Gasteiger partial charge on any atom is 0.148 e. The van der Waals surface area contributed by atoms with E-state index in [0.717, 1.165) is 19.3 Å². The van der Waals surface area contributed by atoms with Crippen molar-refractivity contribution in [3.05, 3.63) is 34.9 Å². The van der Waals surface area contributed by atoms with Gasteiger partial charge in [0.15, 0.2) is 0 Å². The maximum absolute atomic E-state index is 12.2. The van der Waals surface area contributed by atoms with Crippen molar-refractivity contribution in [2.75, 3.05) is 0 Å². The number of aliphatic hydroxyl groups is 2. The van der Waals surface area contributed by atoms with Crippen LogP contribution in [-0.2, 0) is 11.2 Å². The molecule has 1 fully saturated rings. The monoisotopic (exact) mass is 350 g/mol. The normalized spacial score (nSPS) is 23.6. The number of aryl methyl sites for hydroxylation is 1. The molecule has 25 heavy (non-hydrogen) atoms. The molecule has 144 valence electrons. The first kappa shape index (κ1) is 23.8. The van der Waals surface area contributed by atoms with Crippen molar-refractivity contribution >= 4 is 5.78 Å². The van der Waals surface area contributed by atoms with E-state index in [-0.39, 0.29) is 0 Å². The van der Waals surface area contributed by atoms with Gasteiger partial charge in [0, 0.05) is 12.3 Å². The molecule has 0 saturated heterocycles. The molecule has 3 atom stereocenters. The van der Waals surface area contributed by atoms with Crippen LogP contribution < -0.4 is 0 Å². The number of carbonyl (C=O) groups excluding carboxylic acids is 1. The molecule has 2 aliphatic rings. The highest BCUT2D eigenvalue weighted by Gasteiger charge is 2.41. The largest absolute Gasteiger partial charge is 0.368 e. The summed E-state index contributed by atoms with van der Waals surface area (Å²) in [6, 6.07) is 6.61. The molecule has 0 aliphatic heterocycles. The molecule has 3 nitrogen and oxygen atoms in total. The van der Waals surface area contributed by atoms with Gasteiger partial charge in [0.1, 0.15) is 12.1 Å². The molecule has 1 aromatic rings. The van der Waals surface area contributed by atoms with E-state index in [0.29, 0.717) is 23.5 Å². The fraction of sp³-hybridized carbons (Fsp3) is 0.682. The van der Waals surface area contributed by atoms with Crippen LogP contribution in [0.1, 0.15) is 83.4 Å². The van der Waals surface area contributed by atoms with E-state index in [4.69, 9.17) is 10.2 Å². The summed E-state index contributed by atoms with van der Waals surface area (Å²) in [6.45, 7) is 13.8. The highest BCUT2D eigenvalue weighted by Crippen LogP contribution is 2.48. The molecule has 2 N–H and O–H groups in total. The zero-order valence-corrected chi connectivity index (χ0v) is 17.2. The first-order chi connectivity index (χ1) is 11.9. The van der Waals surface area contributed by atoms with Gasteiger partial charge >= 0.3 is 0 Å². The highest BCUT2D eigenvalue weighted by atomic mass is 16.5. The van der Waals surface area contributed by atoms with Crippen LogP contribution in [0.3, 0.4) is 0 Å². The van der Waals surface area contributed by atoms with Crippen LogP contribution in [0.4, 0.5) is 0 Å². The minimum absolute atomic E-state index is 0.313. The average molecular weight is 351 g/mol. The Kier molecular flexibility index (Phi) is 11.6. The van der Waals surface area contributed by atoms with Gasteiger partial charge in [-0.05, 0) is 61.6 Å². The lowest BCUT2D eigenvalue weighted by atomic mass is 9.81. The lowest BCUT2D eigenvalue weighted by molar-refractivity contribution is -0.123. The van der Waals surface area contributed by atoms with Gasteiger partial charge in [-0.2, -0.15) is 0 Å². The number of rotatable bonds is 0. The van der Waals surface area contributed by atoms with Crippen LogP contribution >= 0.6 is 0 Å². The number of hydrogen-bond acceptors (Lipinski definition) is 3. The number of ketones is 1. The molecule has 0 bridgehead atoms. The van der Waals surface area contributed by atoms with E-state index in [1.54, 1.807) is 0 Å². The SMILES string of the molecule is CC.CC.CC(O)O.Cc1cccc2c1CCC(=O)C1CCC(C)C21. The van der Waals surface area contributed by atoms with Gasteiger partial charge in [-0.15, -0.1) is 0 Å². The number of aliphatic hydroxyl groups excluding tert-OH is 1. The van der Waals surface area contributed by atoms with E-state index in [9.17, 15) is 4.79 Å². The van der Waals surface area contributed by atoms with E-state index < -0.39 is 6.29 Å². The summed E-state index contributed by atoms with van der Waals surface area (Å²) in [6.07, 6.45) is 2.87. The topological polar surface area (TPSA) is 57.5 Å². The quantitative estimate of drug-likeness (QED) is 0.647. The Morgan fingerprint density at radius 2 is 1.60 bits per heavy atom. The predicted octanol–water partition coefficient (Wildman–Crippen LogP) is 5.01. The van der Waals surface area contributed by atoms with Crippen molar-refractivity contribution in [3.8, 4) is 0 Å². The Labute approximate surface area is 154 Å². The van der Waals surface area contributed by atoms with Gasteiger partial charge in [0.05, 0.1) is 0 Å². The van der Waals surface area contributed by atoms with Crippen LogP contribution in [0.25, 0.3) is 0 Å². The van der Waals surface area contributed by atoms with Crippen LogP contribution in [0.2, 0.25) is 0 Å². The minimum Gasteiger partial charge on any atom is -0.368 e. The Bertz CT molecular complexity index is 505. The molecule has 3 heteroatoms. The van der Waals surface area contributed by atoms with E-state index in [1.165, 1.54) is 30.0 Å². The van der Waals surface area contributed by atoms with E-state index >= 15 is 0 Å². The standard InChI is InChI=1S/C16H20O.C2H6O2.2C2H6/c1-10-4-3-5-13-12(10)8-9-15(17)14-7-6-11(2)16(13)14;1-2(3)4;2*1-2/h3-5,11,14,16H,6-9H2,1-2H3;2-4H,1H3;2*1-2H3. The lowest BCUT2D eigenvalue weighted by Gasteiger charge is -2.22. The predicted molar refractivity (Wildman–Crippen MR) is 106 cm³/mol. The van der Waals surface area contributed by atoms with Crippen molar-refractivity contribution in [2.24, 2.45) is 11.8 Å². The Morgan fingerprint density at radius 1 is 1.04 bits per heavy atom. The van der Waals surface area contributed by atoms with E-state index in [1.807, 2.05) is 27.7 Å². The first-order valence-electron chi connectivity index (χ1n) is 9.89. The van der Waals surface area contributed by atoms with Gasteiger partial charge in [-0.3, -0.25) is 4.79 Å². The molecular weight excluding hydrogens is 312 g/mol. The number of hydrogen-bond donors (Lipinski definition) is 2. The molecule has 0 spiro atoms. The molecule has 1 saturated carbocycles. The average Bonchev–Trinajstić information content (AvgIpc) is 2.91. The summed E-state index contributed by atoms with van der Waals surface area (Å²) >= 11 is 0. The second-order valence-electron chi connectivity index (χ2n) is 6.43. The van der Waals surface area contributed by atoms with E-state index in [2.05, 4.69) is 32.0 Å². The molecule has 1 aromatic carbocycles. The molecule has 0 amide bonds. The molecule has 0 aromatic heterocycles. The van der Waals surface area contributed by atoms with Crippen LogP contribution in [0.15, 0.2) is 18.2 Å². The van der Waals surface area contributed by atoms with Crippen LogP contribution in [0, 0.1) is 18.8 Å². The third-order valence-corrected chi connectivity index (χ3v) is 4.82. The Balaban J connectivity index is 0.000000625. The number of fused-ring (bicyclic) bond motifs is 3. The Morgan fingerprint density at radius 3 is 2.16 bits per heavy atom. The fourth-order valence-electron chi connectivity index (χ4n) is 3.90. The summed E-state index contributed by atoms with van der Waals surface area (Å²) < 4.78 is 0. The molecule has 3 unspecified atom stereocenters. The first-order valence-corrected chi connectivity index (χ1v) is 9.89. The summed E-state index contributed by atoms with van der Waals surface area (Å²) in [5, 5.41) is 15.2. The molecule has 3 rings (SSSR count). The van der Waals surface area contributed by atoms with Gasteiger partial charge in [-0.1, -0.05) is 52.8 Å². The number of benzene rings is 1. The number of Topliss-reactive ketones (excluding diaryl/α,β-unsaturated/α-hetero) is 1. The minimum atomic E-state index is -1.17. The molecular formula is C22H38O3. The number of carbonyl (C=O) groups is 1. The smallest absolute Gasteiger partial charge is 0.148 e. The van der Waals surface area contributed by atoms with Crippen molar-refractivity contribution in [1.82, 2.24) is 0 Å². The molecule has 0 heterocycles. The highest BCUT2D eigenvalue weighted by molar-refractivity contribution is 5.83. The van der Waals surface area contributed by atoms with Crippen molar-refractivity contribution < 1.29 is 15.0 Å². The van der Waals surface area contributed by atoms with Crippen molar-refractivity contribution in [1.29, 1.82) is 0 Å². The van der Waals surface area contributed by atoms with Crippen molar-refractivity contribution in [2.45, 2.75) is 86.4 Å². The third-order valence-electron chi connectivity index (χ3n) is 4.82. The second kappa shape index (κ2) is 12.2. The molecule has 0 radical (unpaired) electrons. The van der Waals surface area contributed by atoms with Gasteiger partial charge in [-0.25, -0.2) is 0 Å². The summed E-state index contributed by atoms with van der Waals surface area (Å²) in [5.74, 6) is 1.99. The van der Waals surface area contributed by atoms with Gasteiger partial charge < -0.3 is 10.2 Å². The zero-order chi connectivity index (χ0) is 19.6. The third kappa shape index (κ3) is 6.56. The maximum atomic E-state index is 12.2. The summed E-state index contributed by atoms with van der Waals surface area (Å²) in [7, 11) is 0. The summed E-state index contributed by atoms with van der Waals surface area (Å²) in [5.41, 5.74) is 4.31. The Hall–Kier alpha value is -1.19. The molecule has 2 aliphatic carbocycles. The zero-order valence-electron chi connectivity index (χ0n) is 17.2.